The van der Waals surface area contributed by atoms with E-state index in [0.717, 1.165) is 19.4 Å². The highest BCUT2D eigenvalue weighted by Gasteiger charge is 2.33. The van der Waals surface area contributed by atoms with Crippen molar-refractivity contribution in [1.82, 2.24) is 15.0 Å². The summed E-state index contributed by atoms with van der Waals surface area (Å²) in [6, 6.07) is 5.73. The van der Waals surface area contributed by atoms with Crippen molar-refractivity contribution >= 4 is 5.91 Å². The molecule has 6 nitrogen and oxygen atoms in total. The van der Waals surface area contributed by atoms with Crippen LogP contribution in [0.25, 0.3) is 0 Å². The predicted molar refractivity (Wildman–Crippen MR) is 93.0 cm³/mol. The molecule has 2 heterocycles. The van der Waals surface area contributed by atoms with Crippen LogP contribution >= 0.6 is 0 Å². The zero-order valence-corrected chi connectivity index (χ0v) is 15.2. The molecule has 7 heteroatoms. The summed E-state index contributed by atoms with van der Waals surface area (Å²) in [7, 11) is 0. The minimum atomic E-state index is -0.298. The summed E-state index contributed by atoms with van der Waals surface area (Å²) in [5.74, 6) is 1.80. The van der Waals surface area contributed by atoms with Crippen molar-refractivity contribution in [1.29, 1.82) is 0 Å². The van der Waals surface area contributed by atoms with Gasteiger partial charge >= 0.3 is 0 Å². The molecule has 1 aliphatic heterocycles. The number of rotatable bonds is 7. The van der Waals surface area contributed by atoms with E-state index < -0.39 is 0 Å². The number of carbonyl (C=O) groups is 1. The molecule has 3 rings (SSSR count). The van der Waals surface area contributed by atoms with Crippen molar-refractivity contribution in [3.63, 3.8) is 0 Å². The Bertz CT molecular complexity index is 730. The lowest BCUT2D eigenvalue weighted by molar-refractivity contribution is -0.133. The van der Waals surface area contributed by atoms with Gasteiger partial charge in [0.05, 0.1) is 6.61 Å². The van der Waals surface area contributed by atoms with E-state index in [1.165, 1.54) is 12.1 Å². The summed E-state index contributed by atoms with van der Waals surface area (Å²) in [5, 5.41) is 4.00. The first-order valence-electron chi connectivity index (χ1n) is 9.03. The number of nitrogens with zero attached hydrogens (tertiary/aromatic N) is 3. The van der Waals surface area contributed by atoms with E-state index in [0.29, 0.717) is 42.8 Å². The first-order valence-corrected chi connectivity index (χ1v) is 9.03. The molecule has 0 aliphatic carbocycles. The van der Waals surface area contributed by atoms with Crippen LogP contribution < -0.4 is 4.74 Å². The summed E-state index contributed by atoms with van der Waals surface area (Å²) in [5.41, 5.74) is 0. The second kappa shape index (κ2) is 8.29. The van der Waals surface area contributed by atoms with Crippen LogP contribution in [0.4, 0.5) is 4.39 Å². The predicted octanol–water partition coefficient (Wildman–Crippen LogP) is 3.54. The average molecular weight is 361 g/mol. The van der Waals surface area contributed by atoms with Crippen molar-refractivity contribution in [2.45, 2.75) is 45.6 Å². The molecule has 0 N–H and O–H groups in total. The van der Waals surface area contributed by atoms with E-state index in [9.17, 15) is 9.18 Å². The smallest absolute Gasteiger partial charge is 0.249 e. The Morgan fingerprint density at radius 1 is 1.38 bits per heavy atom. The molecular weight excluding hydrogens is 337 g/mol. The maximum Gasteiger partial charge on any atom is 0.249 e. The summed E-state index contributed by atoms with van der Waals surface area (Å²) >= 11 is 0. The van der Waals surface area contributed by atoms with Crippen LogP contribution in [0.1, 0.15) is 50.9 Å². The standard InChI is InChI=1S/C19H24FN3O3/c1-13(2)12-18(24)23-10-3-4-16(23)19-21-17(22-26-19)9-11-25-15-7-5-14(20)6-8-15/h5-8,13,16H,3-4,9-12H2,1-2H3. The number of halogens is 1. The first kappa shape index (κ1) is 18.4. The lowest BCUT2D eigenvalue weighted by Crippen LogP contribution is -2.31. The van der Waals surface area contributed by atoms with Gasteiger partial charge in [-0.25, -0.2) is 4.39 Å². The molecule has 1 aliphatic rings. The SMILES string of the molecule is CC(C)CC(=O)N1CCCC1c1nc(CCOc2ccc(F)cc2)no1. The zero-order valence-electron chi connectivity index (χ0n) is 15.2. The van der Waals surface area contributed by atoms with Crippen LogP contribution in [0.5, 0.6) is 5.75 Å². The lowest BCUT2D eigenvalue weighted by Gasteiger charge is -2.22. The summed E-state index contributed by atoms with van der Waals surface area (Å²) in [6.07, 6.45) is 2.80. The van der Waals surface area contributed by atoms with Gasteiger partial charge in [0.2, 0.25) is 11.8 Å². The highest BCUT2D eigenvalue weighted by atomic mass is 19.1. The van der Waals surface area contributed by atoms with Gasteiger partial charge in [-0.1, -0.05) is 19.0 Å². The Morgan fingerprint density at radius 2 is 2.15 bits per heavy atom. The highest BCUT2D eigenvalue weighted by molar-refractivity contribution is 5.77. The molecule has 0 saturated carbocycles. The third kappa shape index (κ3) is 4.59. The number of carbonyl (C=O) groups excluding carboxylic acids is 1. The topological polar surface area (TPSA) is 68.5 Å². The maximum absolute atomic E-state index is 12.9. The monoisotopic (exact) mass is 361 g/mol. The summed E-state index contributed by atoms with van der Waals surface area (Å²) in [6.45, 7) is 5.18. The Kier molecular flexibility index (Phi) is 5.85. The Labute approximate surface area is 152 Å². The van der Waals surface area contributed by atoms with Crippen LogP contribution in [0.15, 0.2) is 28.8 Å². The minimum absolute atomic E-state index is 0.125. The largest absolute Gasteiger partial charge is 0.493 e. The fourth-order valence-corrected chi connectivity index (χ4v) is 3.08. The number of benzene rings is 1. The van der Waals surface area contributed by atoms with Crippen LogP contribution in [0.2, 0.25) is 0 Å². The average Bonchev–Trinajstić information content (AvgIpc) is 3.25. The van der Waals surface area contributed by atoms with Gasteiger partial charge in [0.25, 0.3) is 0 Å². The molecule has 0 spiro atoms. The fourth-order valence-electron chi connectivity index (χ4n) is 3.08. The molecular formula is C19H24FN3O3. The van der Waals surface area contributed by atoms with Crippen LogP contribution in [0.3, 0.4) is 0 Å². The van der Waals surface area contributed by atoms with Gasteiger partial charge in [0.15, 0.2) is 5.82 Å². The number of ether oxygens (including phenoxy) is 1. The molecule has 1 aromatic carbocycles. The van der Waals surface area contributed by atoms with Gasteiger partial charge in [-0.2, -0.15) is 4.98 Å². The second-order valence-corrected chi connectivity index (χ2v) is 6.94. The third-order valence-electron chi connectivity index (χ3n) is 4.33. The number of hydrogen-bond donors (Lipinski definition) is 0. The van der Waals surface area contributed by atoms with E-state index in [1.54, 1.807) is 12.1 Å². The fraction of sp³-hybridized carbons (Fsp3) is 0.526. The third-order valence-corrected chi connectivity index (χ3v) is 4.33. The van der Waals surface area contributed by atoms with Gasteiger partial charge in [-0.3, -0.25) is 4.79 Å². The molecule has 140 valence electrons. The maximum atomic E-state index is 12.9. The summed E-state index contributed by atoms with van der Waals surface area (Å²) < 4.78 is 23.8. The van der Waals surface area contributed by atoms with Crippen LogP contribution in [-0.4, -0.2) is 34.1 Å². The van der Waals surface area contributed by atoms with E-state index in [2.05, 4.69) is 10.1 Å². The molecule has 2 aromatic rings. The molecule has 1 unspecified atom stereocenters. The zero-order chi connectivity index (χ0) is 18.5. The first-order chi connectivity index (χ1) is 12.5. The van der Waals surface area contributed by atoms with Crippen molar-refractivity contribution in [2.24, 2.45) is 5.92 Å². The molecule has 0 radical (unpaired) electrons. The van der Waals surface area contributed by atoms with Gasteiger partial charge in [-0.05, 0) is 43.0 Å². The molecule has 1 amide bonds. The lowest BCUT2D eigenvalue weighted by atomic mass is 10.1. The minimum Gasteiger partial charge on any atom is -0.493 e. The van der Waals surface area contributed by atoms with Crippen molar-refractivity contribution in [3.8, 4) is 5.75 Å². The number of amides is 1. The molecule has 1 aromatic heterocycles. The molecule has 26 heavy (non-hydrogen) atoms. The highest BCUT2D eigenvalue weighted by Crippen LogP contribution is 2.31. The Balaban J connectivity index is 1.55. The van der Waals surface area contributed by atoms with Crippen molar-refractivity contribution in [2.75, 3.05) is 13.2 Å². The Morgan fingerprint density at radius 3 is 2.88 bits per heavy atom. The number of likely N-dealkylation sites (tertiary alicyclic amines) is 1. The van der Waals surface area contributed by atoms with Crippen LogP contribution in [-0.2, 0) is 11.2 Å². The van der Waals surface area contributed by atoms with E-state index in [1.807, 2.05) is 18.7 Å². The normalized spacial score (nSPS) is 17.1. The van der Waals surface area contributed by atoms with Gasteiger partial charge in [0, 0.05) is 19.4 Å². The van der Waals surface area contributed by atoms with Gasteiger partial charge in [-0.15, -0.1) is 0 Å². The van der Waals surface area contributed by atoms with Gasteiger partial charge in [0.1, 0.15) is 17.6 Å². The van der Waals surface area contributed by atoms with Gasteiger partial charge < -0.3 is 14.2 Å². The number of hydrogen-bond acceptors (Lipinski definition) is 5. The summed E-state index contributed by atoms with van der Waals surface area (Å²) in [4.78, 5) is 18.7. The Hall–Kier alpha value is -2.44. The molecule has 1 saturated heterocycles. The van der Waals surface area contributed by atoms with E-state index >= 15 is 0 Å². The molecule has 0 bridgehead atoms. The quantitative estimate of drug-likeness (QED) is 0.754. The van der Waals surface area contributed by atoms with Crippen molar-refractivity contribution < 1.29 is 18.4 Å². The second-order valence-electron chi connectivity index (χ2n) is 6.94. The number of aromatic nitrogens is 2. The van der Waals surface area contributed by atoms with E-state index in [-0.39, 0.29) is 17.8 Å². The van der Waals surface area contributed by atoms with E-state index in [4.69, 9.17) is 9.26 Å². The van der Waals surface area contributed by atoms with Crippen LogP contribution in [0, 0.1) is 11.7 Å². The van der Waals surface area contributed by atoms with Crippen molar-refractivity contribution in [3.05, 3.63) is 41.8 Å². The molecule has 1 atom stereocenters. The molecule has 1 fully saturated rings.